The highest BCUT2D eigenvalue weighted by atomic mass is 16.2. The highest BCUT2D eigenvalue weighted by Gasteiger charge is 2.40. The van der Waals surface area contributed by atoms with Crippen LogP contribution in [0.2, 0.25) is 0 Å². The second-order valence-electron chi connectivity index (χ2n) is 10.8. The van der Waals surface area contributed by atoms with Crippen LogP contribution >= 0.6 is 0 Å². The summed E-state index contributed by atoms with van der Waals surface area (Å²) in [5.41, 5.74) is 3.34. The molecular formula is C32H36N4O2. The van der Waals surface area contributed by atoms with Crippen LogP contribution in [-0.4, -0.2) is 34.3 Å². The summed E-state index contributed by atoms with van der Waals surface area (Å²) in [5, 5.41) is 3.14. The summed E-state index contributed by atoms with van der Waals surface area (Å²) in [4.78, 5) is 35.9. The summed E-state index contributed by atoms with van der Waals surface area (Å²) in [7, 11) is 0. The maximum Gasteiger partial charge on any atom is 0.251 e. The third-order valence-corrected chi connectivity index (χ3v) is 7.12. The van der Waals surface area contributed by atoms with E-state index in [1.165, 1.54) is 0 Å². The molecule has 2 aromatic carbocycles. The smallest absolute Gasteiger partial charge is 0.251 e. The Labute approximate surface area is 226 Å². The third-order valence-electron chi connectivity index (χ3n) is 7.12. The Morgan fingerprint density at radius 2 is 1.74 bits per heavy atom. The van der Waals surface area contributed by atoms with E-state index in [0.29, 0.717) is 24.2 Å². The third kappa shape index (κ3) is 5.89. The number of amides is 2. The fourth-order valence-electron chi connectivity index (χ4n) is 4.94. The minimum absolute atomic E-state index is 0.0513. The van der Waals surface area contributed by atoms with Gasteiger partial charge in [0.15, 0.2) is 0 Å². The Bertz CT molecular complexity index is 1280. The van der Waals surface area contributed by atoms with Crippen molar-refractivity contribution in [2.45, 2.75) is 64.1 Å². The molecule has 0 radical (unpaired) electrons. The summed E-state index contributed by atoms with van der Waals surface area (Å²) in [6.45, 7) is 9.02. The number of pyridine rings is 1. The van der Waals surface area contributed by atoms with E-state index in [4.69, 9.17) is 6.42 Å². The van der Waals surface area contributed by atoms with Crippen molar-refractivity contribution in [3.8, 4) is 12.5 Å². The second kappa shape index (κ2) is 11.5. The maximum atomic E-state index is 14.3. The normalized spacial score (nSPS) is 16.8. The molecular weight excluding hydrogens is 472 g/mol. The highest BCUT2D eigenvalue weighted by Crippen LogP contribution is 2.33. The number of hydrogen-bond acceptors (Lipinski definition) is 4. The number of carbonyl (C=O) groups excluding carboxylic acids is 2. The molecule has 0 bridgehead atoms. The van der Waals surface area contributed by atoms with E-state index in [1.54, 1.807) is 28.3 Å². The van der Waals surface area contributed by atoms with Crippen molar-refractivity contribution in [1.29, 1.82) is 0 Å². The molecule has 0 spiro atoms. The van der Waals surface area contributed by atoms with Gasteiger partial charge in [0, 0.05) is 36.2 Å². The van der Waals surface area contributed by atoms with Crippen molar-refractivity contribution >= 4 is 17.5 Å². The van der Waals surface area contributed by atoms with E-state index in [9.17, 15) is 9.59 Å². The number of terminal acetylenes is 1. The lowest BCUT2D eigenvalue weighted by molar-refractivity contribution is -0.128. The van der Waals surface area contributed by atoms with Gasteiger partial charge in [0.25, 0.3) is 5.91 Å². The molecule has 0 aliphatic carbocycles. The van der Waals surface area contributed by atoms with Gasteiger partial charge in [-0.05, 0) is 54.5 Å². The lowest BCUT2D eigenvalue weighted by Crippen LogP contribution is -2.50. The molecule has 3 atom stereocenters. The molecule has 4 rings (SSSR count). The zero-order chi connectivity index (χ0) is 27.3. The first-order valence-corrected chi connectivity index (χ1v) is 13.1. The van der Waals surface area contributed by atoms with E-state index in [1.807, 2.05) is 67.6 Å². The first-order valence-electron chi connectivity index (χ1n) is 13.1. The number of carbonyl (C=O) groups is 2. The molecule has 1 aliphatic heterocycles. The molecule has 38 heavy (non-hydrogen) atoms. The van der Waals surface area contributed by atoms with Crippen LogP contribution in [0.15, 0.2) is 79.1 Å². The van der Waals surface area contributed by atoms with E-state index >= 15 is 0 Å². The minimum atomic E-state index is -0.928. The monoisotopic (exact) mass is 508 g/mol. The van der Waals surface area contributed by atoms with Crippen molar-refractivity contribution in [2.75, 3.05) is 11.4 Å². The SMILES string of the molecule is C#CN1CCC[C@@H]1C(=O)N(c1ccc(C(C)(C)C)cc1)[C@@H](C(=O)N[C@H](C)c1ccccc1)c1cccnc1. The van der Waals surface area contributed by atoms with Crippen LogP contribution in [-0.2, 0) is 15.0 Å². The summed E-state index contributed by atoms with van der Waals surface area (Å²) in [6.07, 6.45) is 10.5. The summed E-state index contributed by atoms with van der Waals surface area (Å²) in [6, 6.07) is 22.3. The molecule has 6 heteroatoms. The average molecular weight is 509 g/mol. The Balaban J connectivity index is 1.79. The van der Waals surface area contributed by atoms with Crippen LogP contribution < -0.4 is 10.2 Å². The maximum absolute atomic E-state index is 14.3. The van der Waals surface area contributed by atoms with Crippen LogP contribution in [0.5, 0.6) is 0 Å². The summed E-state index contributed by atoms with van der Waals surface area (Å²) < 4.78 is 0. The zero-order valence-electron chi connectivity index (χ0n) is 22.6. The molecule has 1 fully saturated rings. The van der Waals surface area contributed by atoms with Crippen LogP contribution in [0.3, 0.4) is 0 Å². The molecule has 2 heterocycles. The van der Waals surface area contributed by atoms with E-state index in [2.05, 4.69) is 37.1 Å². The lowest BCUT2D eigenvalue weighted by Gasteiger charge is -2.35. The van der Waals surface area contributed by atoms with Gasteiger partial charge in [0.1, 0.15) is 12.1 Å². The summed E-state index contributed by atoms with van der Waals surface area (Å²) >= 11 is 0. The number of nitrogens with zero attached hydrogens (tertiary/aromatic N) is 3. The number of aromatic nitrogens is 1. The van der Waals surface area contributed by atoms with E-state index < -0.39 is 12.1 Å². The Hall–Kier alpha value is -4.11. The Kier molecular flexibility index (Phi) is 8.16. The first kappa shape index (κ1) is 26.9. The van der Waals surface area contributed by atoms with E-state index in [-0.39, 0.29) is 23.3 Å². The number of likely N-dealkylation sites (tertiary alicyclic amines) is 1. The van der Waals surface area contributed by atoms with Gasteiger partial charge in [-0.2, -0.15) is 0 Å². The van der Waals surface area contributed by atoms with Gasteiger partial charge < -0.3 is 10.2 Å². The quantitative estimate of drug-likeness (QED) is 0.435. The van der Waals surface area contributed by atoms with Crippen LogP contribution in [0.4, 0.5) is 5.69 Å². The molecule has 1 aliphatic rings. The fourth-order valence-corrected chi connectivity index (χ4v) is 4.94. The number of hydrogen-bond donors (Lipinski definition) is 1. The molecule has 6 nitrogen and oxygen atoms in total. The minimum Gasteiger partial charge on any atom is -0.347 e. The van der Waals surface area contributed by atoms with Gasteiger partial charge in [-0.1, -0.05) is 75.7 Å². The highest BCUT2D eigenvalue weighted by molar-refractivity contribution is 6.04. The number of rotatable bonds is 7. The van der Waals surface area contributed by atoms with E-state index in [0.717, 1.165) is 17.5 Å². The van der Waals surface area contributed by atoms with Gasteiger partial charge in [-0.3, -0.25) is 19.5 Å². The Morgan fingerprint density at radius 3 is 2.34 bits per heavy atom. The predicted molar refractivity (Wildman–Crippen MR) is 151 cm³/mol. The predicted octanol–water partition coefficient (Wildman–Crippen LogP) is 5.39. The largest absolute Gasteiger partial charge is 0.347 e. The molecule has 1 aromatic heterocycles. The zero-order valence-corrected chi connectivity index (χ0v) is 22.6. The molecule has 3 aromatic rings. The van der Waals surface area contributed by atoms with Gasteiger partial charge in [-0.15, -0.1) is 0 Å². The van der Waals surface area contributed by atoms with Crippen molar-refractivity contribution in [1.82, 2.24) is 15.2 Å². The fraction of sp³-hybridized carbons (Fsp3) is 0.344. The molecule has 196 valence electrons. The van der Waals surface area contributed by atoms with Gasteiger partial charge >= 0.3 is 0 Å². The molecule has 1 N–H and O–H groups in total. The van der Waals surface area contributed by atoms with Crippen molar-refractivity contribution in [2.24, 2.45) is 0 Å². The molecule has 2 amide bonds. The molecule has 0 saturated carbocycles. The Morgan fingerprint density at radius 1 is 1.05 bits per heavy atom. The second-order valence-corrected chi connectivity index (χ2v) is 10.8. The molecule has 0 unspecified atom stereocenters. The van der Waals surface area contributed by atoms with Crippen LogP contribution in [0.25, 0.3) is 0 Å². The van der Waals surface area contributed by atoms with Gasteiger partial charge in [-0.25, -0.2) is 0 Å². The number of benzene rings is 2. The lowest BCUT2D eigenvalue weighted by atomic mass is 9.87. The van der Waals surface area contributed by atoms with Crippen LogP contribution in [0, 0.1) is 12.5 Å². The van der Waals surface area contributed by atoms with Crippen LogP contribution in [0.1, 0.15) is 69.3 Å². The topological polar surface area (TPSA) is 65.5 Å². The van der Waals surface area contributed by atoms with Crippen molar-refractivity contribution in [3.63, 3.8) is 0 Å². The first-order chi connectivity index (χ1) is 18.2. The van der Waals surface area contributed by atoms with Crippen molar-refractivity contribution in [3.05, 3.63) is 95.8 Å². The van der Waals surface area contributed by atoms with Gasteiger partial charge in [0.2, 0.25) is 5.91 Å². The van der Waals surface area contributed by atoms with Gasteiger partial charge in [0.05, 0.1) is 6.04 Å². The number of anilines is 1. The number of nitrogens with one attached hydrogen (secondary N) is 1. The average Bonchev–Trinajstić information content (AvgIpc) is 3.41. The van der Waals surface area contributed by atoms with Crippen molar-refractivity contribution < 1.29 is 9.59 Å². The summed E-state index contributed by atoms with van der Waals surface area (Å²) in [5.74, 6) is -0.479. The standard InChI is InChI=1S/C32H36N4O2/c1-6-35-21-11-15-28(35)31(38)36(27-18-16-26(17-19-27)32(3,4)5)29(25-14-10-20-33-22-25)30(37)34-23(2)24-12-8-7-9-13-24/h1,7-10,12-14,16-20,22-23,28-29H,11,15,21H2,2-5H3,(H,34,37)/t23-,28-,29-/m1/s1. The molecule has 1 saturated heterocycles.